The average Bonchev–Trinajstić information content (AvgIpc) is 2.60. The van der Waals surface area contributed by atoms with Crippen LogP contribution in [0.25, 0.3) is 0 Å². The summed E-state index contributed by atoms with van der Waals surface area (Å²) in [4.78, 5) is 11.3. The fourth-order valence-electron chi connectivity index (χ4n) is 2.27. The van der Waals surface area contributed by atoms with Gasteiger partial charge in [-0.05, 0) is 37.3 Å². The molecule has 0 saturated carbocycles. The molecule has 0 aliphatic carbocycles. The first-order chi connectivity index (χ1) is 12.0. The van der Waals surface area contributed by atoms with E-state index < -0.39 is 23.7 Å². The molecule has 0 bridgehead atoms. The molecule has 0 aromatic heterocycles. The van der Waals surface area contributed by atoms with E-state index in [9.17, 15) is 18.7 Å². The third-order valence-electron chi connectivity index (χ3n) is 3.45. The lowest BCUT2D eigenvalue weighted by atomic mass is 10.1. The van der Waals surface area contributed by atoms with Gasteiger partial charge in [0.15, 0.2) is 6.10 Å². The van der Waals surface area contributed by atoms with E-state index in [1.165, 1.54) is 25.3 Å². The van der Waals surface area contributed by atoms with Crippen molar-refractivity contribution in [2.75, 3.05) is 13.7 Å². The number of carboxylic acids is 1. The molecule has 7 heteroatoms. The maximum absolute atomic E-state index is 13.6. The maximum atomic E-state index is 13.6. The number of benzene rings is 2. The van der Waals surface area contributed by atoms with E-state index in [2.05, 4.69) is 0 Å². The Morgan fingerprint density at radius 3 is 2.60 bits per heavy atom. The largest absolute Gasteiger partial charge is 0.496 e. The molecule has 5 nitrogen and oxygen atoms in total. The first kappa shape index (κ1) is 18.7. The van der Waals surface area contributed by atoms with Gasteiger partial charge in [0.2, 0.25) is 0 Å². The lowest BCUT2D eigenvalue weighted by Gasteiger charge is -2.17. The van der Waals surface area contributed by atoms with Crippen LogP contribution in [0.5, 0.6) is 11.5 Å². The van der Waals surface area contributed by atoms with Gasteiger partial charge in [-0.2, -0.15) is 0 Å². The van der Waals surface area contributed by atoms with Crippen LogP contribution >= 0.6 is 0 Å². The summed E-state index contributed by atoms with van der Waals surface area (Å²) in [7, 11) is 1.39. The number of carboxylic acid groups (broad SMARTS) is 1. The van der Waals surface area contributed by atoms with Crippen molar-refractivity contribution in [1.82, 2.24) is 0 Å². The van der Waals surface area contributed by atoms with Crippen molar-refractivity contribution in [3.63, 3.8) is 0 Å². The summed E-state index contributed by atoms with van der Waals surface area (Å²) in [5.74, 6) is -1.69. The molecule has 1 N–H and O–H groups in total. The van der Waals surface area contributed by atoms with E-state index in [-0.39, 0.29) is 24.5 Å². The summed E-state index contributed by atoms with van der Waals surface area (Å²) in [6, 6.07) is 7.60. The molecule has 0 heterocycles. The summed E-state index contributed by atoms with van der Waals surface area (Å²) in [5, 5.41) is 9.27. The van der Waals surface area contributed by atoms with Crippen molar-refractivity contribution < 1.29 is 32.9 Å². The summed E-state index contributed by atoms with van der Waals surface area (Å²) in [6.45, 7) is 1.73. The van der Waals surface area contributed by atoms with E-state index in [1.54, 1.807) is 6.92 Å². The van der Waals surface area contributed by atoms with E-state index in [0.29, 0.717) is 11.3 Å². The third kappa shape index (κ3) is 4.67. The molecule has 2 aromatic rings. The standard InChI is InChI=1S/C18H18F2O5/c1-3-24-17(18(21)22)14-6-5-13(9-16(14)23-2)25-10-11-8-12(19)4-7-15(11)20/h4-9,17H,3,10H2,1-2H3,(H,21,22). The Hall–Kier alpha value is -2.67. The second-order valence-electron chi connectivity index (χ2n) is 5.10. The van der Waals surface area contributed by atoms with Crippen molar-refractivity contribution in [1.29, 1.82) is 0 Å². The highest BCUT2D eigenvalue weighted by molar-refractivity contribution is 5.75. The summed E-state index contributed by atoms with van der Waals surface area (Å²) in [5.41, 5.74) is 0.405. The highest BCUT2D eigenvalue weighted by Gasteiger charge is 2.24. The van der Waals surface area contributed by atoms with Crippen LogP contribution in [-0.2, 0) is 16.1 Å². The molecule has 0 radical (unpaired) electrons. The highest BCUT2D eigenvalue weighted by atomic mass is 19.1. The number of rotatable bonds is 8. The van der Waals surface area contributed by atoms with Gasteiger partial charge in [-0.1, -0.05) is 0 Å². The van der Waals surface area contributed by atoms with Gasteiger partial charge < -0.3 is 19.3 Å². The topological polar surface area (TPSA) is 65.0 Å². The zero-order valence-corrected chi connectivity index (χ0v) is 13.8. The van der Waals surface area contributed by atoms with Crippen molar-refractivity contribution >= 4 is 5.97 Å². The molecule has 0 amide bonds. The van der Waals surface area contributed by atoms with Crippen molar-refractivity contribution in [2.24, 2.45) is 0 Å². The average molecular weight is 352 g/mol. The number of hydrogen-bond acceptors (Lipinski definition) is 4. The van der Waals surface area contributed by atoms with Gasteiger partial charge >= 0.3 is 5.97 Å². The molecule has 0 aliphatic heterocycles. The second kappa shape index (κ2) is 8.43. The molecule has 1 atom stereocenters. The van der Waals surface area contributed by atoms with Gasteiger partial charge in [0, 0.05) is 23.8 Å². The Labute approximate surface area is 143 Å². The van der Waals surface area contributed by atoms with Crippen LogP contribution in [0.1, 0.15) is 24.2 Å². The number of carbonyl (C=O) groups is 1. The summed E-state index contributed by atoms with van der Waals surface area (Å²) >= 11 is 0. The Morgan fingerprint density at radius 1 is 1.20 bits per heavy atom. The quantitative estimate of drug-likeness (QED) is 0.784. The van der Waals surface area contributed by atoms with E-state index in [1.807, 2.05) is 0 Å². The Kier molecular flexibility index (Phi) is 6.30. The second-order valence-corrected chi connectivity index (χ2v) is 5.10. The number of halogens is 2. The smallest absolute Gasteiger partial charge is 0.337 e. The number of hydrogen-bond donors (Lipinski definition) is 1. The number of methoxy groups -OCH3 is 1. The van der Waals surface area contributed by atoms with Gasteiger partial charge in [-0.3, -0.25) is 0 Å². The van der Waals surface area contributed by atoms with Gasteiger partial charge in [-0.25, -0.2) is 13.6 Å². The van der Waals surface area contributed by atoms with Crippen LogP contribution in [-0.4, -0.2) is 24.8 Å². The van der Waals surface area contributed by atoms with Crippen LogP contribution < -0.4 is 9.47 Å². The SMILES string of the molecule is CCOC(C(=O)O)c1ccc(OCc2cc(F)ccc2F)cc1OC. The Bertz CT molecular complexity index is 748. The van der Waals surface area contributed by atoms with Crippen molar-refractivity contribution in [3.05, 3.63) is 59.2 Å². The van der Waals surface area contributed by atoms with Crippen LogP contribution in [0.2, 0.25) is 0 Å². The molecule has 134 valence electrons. The monoisotopic (exact) mass is 352 g/mol. The van der Waals surface area contributed by atoms with Gasteiger partial charge in [0.05, 0.1) is 7.11 Å². The predicted octanol–water partition coefficient (Wildman–Crippen LogP) is 3.71. The number of ether oxygens (including phenoxy) is 3. The summed E-state index contributed by atoms with van der Waals surface area (Å²) < 4.78 is 42.6. The molecule has 0 saturated heterocycles. The third-order valence-corrected chi connectivity index (χ3v) is 3.45. The van der Waals surface area contributed by atoms with Crippen LogP contribution in [0.4, 0.5) is 8.78 Å². The fraction of sp³-hybridized carbons (Fsp3) is 0.278. The molecule has 0 fully saturated rings. The molecule has 0 aliphatic rings. The highest BCUT2D eigenvalue weighted by Crippen LogP contribution is 2.32. The minimum absolute atomic E-state index is 0.0702. The van der Waals surface area contributed by atoms with Crippen LogP contribution in [0.15, 0.2) is 36.4 Å². The Morgan fingerprint density at radius 2 is 1.96 bits per heavy atom. The Balaban J connectivity index is 2.20. The van der Waals surface area contributed by atoms with Crippen LogP contribution in [0.3, 0.4) is 0 Å². The van der Waals surface area contributed by atoms with Gasteiger partial charge in [0.1, 0.15) is 29.7 Å². The number of aliphatic carboxylic acids is 1. The molecular formula is C18H18F2O5. The molecule has 2 rings (SSSR count). The van der Waals surface area contributed by atoms with E-state index in [0.717, 1.165) is 18.2 Å². The molecule has 2 aromatic carbocycles. The first-order valence-corrected chi connectivity index (χ1v) is 7.55. The van der Waals surface area contributed by atoms with Crippen molar-refractivity contribution in [3.8, 4) is 11.5 Å². The minimum Gasteiger partial charge on any atom is -0.496 e. The molecule has 25 heavy (non-hydrogen) atoms. The molecular weight excluding hydrogens is 334 g/mol. The molecule has 1 unspecified atom stereocenters. The van der Waals surface area contributed by atoms with E-state index >= 15 is 0 Å². The normalized spacial score (nSPS) is 11.8. The van der Waals surface area contributed by atoms with E-state index in [4.69, 9.17) is 14.2 Å². The lowest BCUT2D eigenvalue weighted by Crippen LogP contribution is -2.16. The van der Waals surface area contributed by atoms with Gasteiger partial charge in [0.25, 0.3) is 0 Å². The predicted molar refractivity (Wildman–Crippen MR) is 85.7 cm³/mol. The zero-order valence-electron chi connectivity index (χ0n) is 13.8. The van der Waals surface area contributed by atoms with Gasteiger partial charge in [-0.15, -0.1) is 0 Å². The fourth-order valence-corrected chi connectivity index (χ4v) is 2.27. The molecule has 0 spiro atoms. The first-order valence-electron chi connectivity index (χ1n) is 7.55. The summed E-state index contributed by atoms with van der Waals surface area (Å²) in [6.07, 6.45) is -1.17. The van der Waals surface area contributed by atoms with Crippen LogP contribution in [0, 0.1) is 11.6 Å². The maximum Gasteiger partial charge on any atom is 0.337 e. The zero-order chi connectivity index (χ0) is 18.4. The lowest BCUT2D eigenvalue weighted by molar-refractivity contribution is -0.150. The minimum atomic E-state index is -1.17. The van der Waals surface area contributed by atoms with Crippen molar-refractivity contribution in [2.45, 2.75) is 19.6 Å².